The van der Waals surface area contributed by atoms with Crippen molar-refractivity contribution in [3.8, 4) is 0 Å². The van der Waals surface area contributed by atoms with E-state index in [1.54, 1.807) is 11.7 Å². The minimum atomic E-state index is -0.519. The first-order valence-electron chi connectivity index (χ1n) is 4.76. The lowest BCUT2D eigenvalue weighted by molar-refractivity contribution is -0.118. The van der Waals surface area contributed by atoms with Crippen LogP contribution in [0.15, 0.2) is 42.0 Å². The number of carbonyl (C=O) groups is 1. The molecule has 0 saturated heterocycles. The molecule has 0 aliphatic heterocycles. The van der Waals surface area contributed by atoms with Crippen LogP contribution in [0, 0.1) is 0 Å². The zero-order valence-electron chi connectivity index (χ0n) is 8.46. The van der Waals surface area contributed by atoms with Crippen molar-refractivity contribution in [2.24, 2.45) is 5.73 Å². The van der Waals surface area contributed by atoms with Gasteiger partial charge in [-0.05, 0) is 12.1 Å². The summed E-state index contributed by atoms with van der Waals surface area (Å²) < 4.78 is 0. The Morgan fingerprint density at radius 3 is 2.69 bits per heavy atom. The van der Waals surface area contributed by atoms with Gasteiger partial charge in [-0.15, -0.1) is 11.3 Å². The summed E-state index contributed by atoms with van der Waals surface area (Å²) in [5.74, 6) is -0.409. The lowest BCUT2D eigenvalue weighted by Gasteiger charge is -2.14. The number of para-hydroxylation sites is 1. The van der Waals surface area contributed by atoms with Gasteiger partial charge in [-0.2, -0.15) is 0 Å². The monoisotopic (exact) mass is 233 g/mol. The molecule has 2 rings (SSSR count). The normalized spacial score (nSPS) is 12.0. The fraction of sp³-hybridized carbons (Fsp3) is 0.0909. The highest BCUT2D eigenvalue weighted by Crippen LogP contribution is 2.21. The molecule has 1 heterocycles. The van der Waals surface area contributed by atoms with Crippen molar-refractivity contribution in [3.63, 3.8) is 0 Å². The van der Waals surface area contributed by atoms with E-state index in [1.165, 1.54) is 11.3 Å². The lowest BCUT2D eigenvalue weighted by Crippen LogP contribution is -2.26. The molecule has 0 aliphatic rings. The van der Waals surface area contributed by atoms with Crippen LogP contribution >= 0.6 is 11.3 Å². The van der Waals surface area contributed by atoms with Crippen LogP contribution in [0.3, 0.4) is 0 Å². The molecule has 16 heavy (non-hydrogen) atoms. The van der Waals surface area contributed by atoms with Crippen molar-refractivity contribution in [1.29, 1.82) is 0 Å². The number of hydrogen-bond donors (Lipinski definition) is 2. The molecule has 0 aliphatic carbocycles. The molecule has 3 N–H and O–H groups in total. The number of hydrogen-bond acceptors (Lipinski definition) is 4. The van der Waals surface area contributed by atoms with Crippen molar-refractivity contribution >= 4 is 22.9 Å². The maximum Gasteiger partial charge on any atom is 0.245 e. The van der Waals surface area contributed by atoms with Crippen molar-refractivity contribution in [2.75, 3.05) is 5.32 Å². The zero-order chi connectivity index (χ0) is 11.4. The van der Waals surface area contributed by atoms with Gasteiger partial charge in [-0.1, -0.05) is 18.2 Å². The number of nitrogens with two attached hydrogens (primary N) is 1. The van der Waals surface area contributed by atoms with Crippen molar-refractivity contribution < 1.29 is 4.79 Å². The topological polar surface area (TPSA) is 68.0 Å². The summed E-state index contributed by atoms with van der Waals surface area (Å²) in [5.41, 5.74) is 7.89. The maximum absolute atomic E-state index is 11.3. The highest BCUT2D eigenvalue weighted by atomic mass is 32.1. The van der Waals surface area contributed by atoms with Gasteiger partial charge in [0.2, 0.25) is 5.91 Å². The van der Waals surface area contributed by atoms with Crippen LogP contribution < -0.4 is 11.1 Å². The number of thiazole rings is 1. The standard InChI is InChI=1S/C11H11N3OS/c12-11(15)10(9-6-13-7-16-9)14-8-4-2-1-3-5-8/h1-7,10,14H,(H2,12,15). The van der Waals surface area contributed by atoms with E-state index >= 15 is 0 Å². The van der Waals surface area contributed by atoms with E-state index in [0.29, 0.717) is 0 Å². The summed E-state index contributed by atoms with van der Waals surface area (Å²) in [6.45, 7) is 0. The van der Waals surface area contributed by atoms with Crippen LogP contribution in [0.5, 0.6) is 0 Å². The molecule has 0 spiro atoms. The predicted octanol–water partition coefficient (Wildman–Crippen LogP) is 1.78. The first-order valence-corrected chi connectivity index (χ1v) is 5.64. The zero-order valence-corrected chi connectivity index (χ0v) is 9.28. The van der Waals surface area contributed by atoms with Gasteiger partial charge < -0.3 is 11.1 Å². The molecule has 1 aromatic carbocycles. The molecule has 0 saturated carbocycles. The Labute approximate surface area is 97.1 Å². The Morgan fingerprint density at radius 2 is 2.12 bits per heavy atom. The van der Waals surface area contributed by atoms with E-state index < -0.39 is 11.9 Å². The Hall–Kier alpha value is -1.88. The molecule has 0 fully saturated rings. The summed E-state index contributed by atoms with van der Waals surface area (Å²) in [7, 11) is 0. The third kappa shape index (κ3) is 2.38. The average molecular weight is 233 g/mol. The second-order valence-electron chi connectivity index (χ2n) is 3.25. The summed E-state index contributed by atoms with van der Waals surface area (Å²) in [4.78, 5) is 16.1. The van der Waals surface area contributed by atoms with Gasteiger partial charge in [-0.3, -0.25) is 9.78 Å². The number of benzene rings is 1. The molecule has 1 unspecified atom stereocenters. The molecule has 1 amide bonds. The smallest absolute Gasteiger partial charge is 0.245 e. The molecule has 82 valence electrons. The number of amides is 1. The van der Waals surface area contributed by atoms with Crippen molar-refractivity contribution in [2.45, 2.75) is 6.04 Å². The maximum atomic E-state index is 11.3. The largest absolute Gasteiger partial charge is 0.369 e. The quantitative estimate of drug-likeness (QED) is 0.845. The summed E-state index contributed by atoms with van der Waals surface area (Å²) in [5, 5.41) is 3.08. The number of nitrogens with zero attached hydrogens (tertiary/aromatic N) is 1. The van der Waals surface area contributed by atoms with Crippen LogP contribution in [0.1, 0.15) is 10.9 Å². The molecule has 2 aromatic rings. The van der Waals surface area contributed by atoms with E-state index in [9.17, 15) is 4.79 Å². The molecule has 1 atom stereocenters. The van der Waals surface area contributed by atoms with E-state index in [0.717, 1.165) is 10.6 Å². The first kappa shape index (κ1) is 10.6. The molecular formula is C11H11N3OS. The molecule has 0 radical (unpaired) electrons. The van der Waals surface area contributed by atoms with Crippen LogP contribution in [-0.2, 0) is 4.79 Å². The number of rotatable bonds is 4. The lowest BCUT2D eigenvalue weighted by atomic mass is 10.2. The second kappa shape index (κ2) is 4.76. The van der Waals surface area contributed by atoms with Gasteiger partial charge in [0, 0.05) is 11.9 Å². The van der Waals surface area contributed by atoms with Gasteiger partial charge >= 0.3 is 0 Å². The van der Waals surface area contributed by atoms with E-state index in [2.05, 4.69) is 10.3 Å². The summed E-state index contributed by atoms with van der Waals surface area (Å²) in [6.07, 6.45) is 1.65. The Bertz CT molecular complexity index is 455. The molecule has 5 heteroatoms. The Balaban J connectivity index is 2.19. The number of anilines is 1. The van der Waals surface area contributed by atoms with Crippen LogP contribution in [0.25, 0.3) is 0 Å². The van der Waals surface area contributed by atoms with E-state index in [-0.39, 0.29) is 0 Å². The third-order valence-corrected chi connectivity index (χ3v) is 2.95. The molecule has 4 nitrogen and oxygen atoms in total. The minimum Gasteiger partial charge on any atom is -0.369 e. The fourth-order valence-corrected chi connectivity index (χ4v) is 2.03. The first-order chi connectivity index (χ1) is 7.77. The van der Waals surface area contributed by atoms with Gasteiger partial charge in [0.15, 0.2) is 0 Å². The third-order valence-electron chi connectivity index (χ3n) is 2.11. The van der Waals surface area contributed by atoms with Crippen molar-refractivity contribution in [3.05, 3.63) is 46.9 Å². The SMILES string of the molecule is NC(=O)C(Nc1ccccc1)c1cncs1. The molecule has 1 aromatic heterocycles. The van der Waals surface area contributed by atoms with Gasteiger partial charge in [0.05, 0.1) is 10.4 Å². The van der Waals surface area contributed by atoms with E-state index in [4.69, 9.17) is 5.73 Å². The Morgan fingerprint density at radius 1 is 1.38 bits per heavy atom. The number of aromatic nitrogens is 1. The Kier molecular flexibility index (Phi) is 3.16. The minimum absolute atomic E-state index is 0.409. The second-order valence-corrected chi connectivity index (χ2v) is 4.17. The molecule has 0 bridgehead atoms. The van der Waals surface area contributed by atoms with Gasteiger partial charge in [0.1, 0.15) is 6.04 Å². The van der Waals surface area contributed by atoms with Crippen LogP contribution in [0.4, 0.5) is 5.69 Å². The van der Waals surface area contributed by atoms with Crippen LogP contribution in [0.2, 0.25) is 0 Å². The van der Waals surface area contributed by atoms with Gasteiger partial charge in [-0.25, -0.2) is 0 Å². The van der Waals surface area contributed by atoms with Crippen molar-refractivity contribution in [1.82, 2.24) is 4.98 Å². The number of nitrogens with one attached hydrogen (secondary N) is 1. The number of primary amides is 1. The highest BCUT2D eigenvalue weighted by Gasteiger charge is 2.18. The average Bonchev–Trinajstić information content (AvgIpc) is 2.80. The predicted molar refractivity (Wildman–Crippen MR) is 64.1 cm³/mol. The summed E-state index contributed by atoms with van der Waals surface area (Å²) in [6, 6.07) is 8.96. The van der Waals surface area contributed by atoms with E-state index in [1.807, 2.05) is 30.3 Å². The number of carbonyl (C=O) groups excluding carboxylic acids is 1. The highest BCUT2D eigenvalue weighted by molar-refractivity contribution is 7.09. The van der Waals surface area contributed by atoms with Crippen LogP contribution in [-0.4, -0.2) is 10.9 Å². The van der Waals surface area contributed by atoms with Gasteiger partial charge in [0.25, 0.3) is 0 Å². The fourth-order valence-electron chi connectivity index (χ4n) is 1.35. The molecular weight excluding hydrogens is 222 g/mol. The summed E-state index contributed by atoms with van der Waals surface area (Å²) >= 11 is 1.40.